The van der Waals surface area contributed by atoms with Crippen LogP contribution in [0.25, 0.3) is 11.9 Å². The second-order valence-electron chi connectivity index (χ2n) is 10.3. The Labute approximate surface area is 239 Å². The van der Waals surface area contributed by atoms with Crippen LogP contribution >= 0.6 is 0 Å². The quantitative estimate of drug-likeness (QED) is 0.145. The Morgan fingerprint density at radius 2 is 1.95 bits per heavy atom. The molecule has 0 fully saturated rings. The van der Waals surface area contributed by atoms with Crippen LogP contribution < -0.4 is 15.8 Å². The molecule has 1 aliphatic rings. The smallest absolute Gasteiger partial charge is 0.276 e. The summed E-state index contributed by atoms with van der Waals surface area (Å²) in [4.78, 5) is 27.4. The topological polar surface area (TPSA) is 58.6 Å². The van der Waals surface area contributed by atoms with Gasteiger partial charge in [0.25, 0.3) is 11.8 Å². The van der Waals surface area contributed by atoms with Crippen LogP contribution in [0.15, 0.2) is 60.8 Å². The Kier molecular flexibility index (Phi) is 10.9. The normalized spacial score (nSPS) is 13.6. The summed E-state index contributed by atoms with van der Waals surface area (Å²) >= 11 is 0. The number of alkyl halides is 2. The van der Waals surface area contributed by atoms with Gasteiger partial charge in [-0.3, -0.25) is 9.59 Å². The Morgan fingerprint density at radius 3 is 2.61 bits per heavy atom. The van der Waals surface area contributed by atoms with Crippen LogP contribution in [0.4, 0.5) is 13.2 Å². The van der Waals surface area contributed by atoms with E-state index in [1.54, 1.807) is 20.1 Å². The van der Waals surface area contributed by atoms with Crippen molar-refractivity contribution in [2.45, 2.75) is 46.0 Å². The van der Waals surface area contributed by atoms with E-state index in [0.717, 1.165) is 52.3 Å². The molecule has 0 aliphatic carbocycles. The van der Waals surface area contributed by atoms with Crippen molar-refractivity contribution in [3.8, 4) is 0 Å². The fourth-order valence-corrected chi connectivity index (χ4v) is 4.78. The van der Waals surface area contributed by atoms with Gasteiger partial charge in [0.1, 0.15) is 5.82 Å². The van der Waals surface area contributed by atoms with Gasteiger partial charge in [0.15, 0.2) is 5.78 Å². The molecule has 1 unspecified atom stereocenters. The maximum atomic E-state index is 14.6. The molecule has 41 heavy (non-hydrogen) atoms. The van der Waals surface area contributed by atoms with Gasteiger partial charge in [-0.1, -0.05) is 36.8 Å². The van der Waals surface area contributed by atoms with Gasteiger partial charge in [-0.15, -0.1) is 6.58 Å². The number of rotatable bonds is 14. The molecule has 1 heterocycles. The molecule has 0 aromatic heterocycles. The summed E-state index contributed by atoms with van der Waals surface area (Å²) in [5.41, 5.74) is 4.76. The van der Waals surface area contributed by atoms with Crippen molar-refractivity contribution in [2.24, 2.45) is 5.92 Å². The summed E-state index contributed by atoms with van der Waals surface area (Å²) in [5.74, 6) is -4.78. The summed E-state index contributed by atoms with van der Waals surface area (Å²) in [7, 11) is 1.58. The van der Waals surface area contributed by atoms with Crippen molar-refractivity contribution in [1.29, 1.82) is 0 Å². The number of halogens is 3. The van der Waals surface area contributed by atoms with Gasteiger partial charge in [-0.2, -0.15) is 0 Å². The monoisotopic (exact) mass is 566 g/mol. The highest BCUT2D eigenvalue weighted by atomic mass is 19.3. The highest BCUT2D eigenvalue weighted by molar-refractivity contribution is 6.05. The lowest BCUT2D eigenvalue weighted by Gasteiger charge is -2.24. The first-order valence-corrected chi connectivity index (χ1v) is 13.6. The molecule has 1 aliphatic heterocycles. The Bertz CT molecular complexity index is 1490. The van der Waals surface area contributed by atoms with Crippen molar-refractivity contribution in [1.82, 2.24) is 10.2 Å². The number of nitrogens with one attached hydrogen (secondary N) is 1. The van der Waals surface area contributed by atoms with Crippen molar-refractivity contribution in [2.75, 3.05) is 26.8 Å². The third-order valence-corrected chi connectivity index (χ3v) is 7.12. The summed E-state index contributed by atoms with van der Waals surface area (Å²) in [5, 5.41) is 4.67. The average Bonchev–Trinajstić information content (AvgIpc) is 2.93. The number of hydrogen-bond donors (Lipinski definition) is 1. The molecule has 3 rings (SSSR count). The first kappa shape index (κ1) is 31.7. The molecule has 0 saturated heterocycles. The molecule has 0 spiro atoms. The largest absolute Gasteiger partial charge is 0.383 e. The highest BCUT2D eigenvalue weighted by Gasteiger charge is 2.31. The van der Waals surface area contributed by atoms with Gasteiger partial charge in [0.05, 0.1) is 12.2 Å². The van der Waals surface area contributed by atoms with Gasteiger partial charge in [0, 0.05) is 60.6 Å². The summed E-state index contributed by atoms with van der Waals surface area (Å²) in [6.07, 6.45) is 7.11. The van der Waals surface area contributed by atoms with E-state index in [-0.39, 0.29) is 17.4 Å². The minimum Gasteiger partial charge on any atom is -0.383 e. The number of carbonyl (C=O) groups excluding carboxylic acids is 2. The Hall–Kier alpha value is -3.87. The summed E-state index contributed by atoms with van der Waals surface area (Å²) < 4.78 is 47.8. The molecule has 0 saturated carbocycles. The van der Waals surface area contributed by atoms with E-state index in [2.05, 4.69) is 24.6 Å². The molecule has 0 bridgehead atoms. The lowest BCUT2D eigenvalue weighted by atomic mass is 9.95. The van der Waals surface area contributed by atoms with E-state index in [4.69, 9.17) is 4.74 Å². The molecular formula is C33H37F3N2O3. The minimum atomic E-state index is -3.25. The SMILES string of the molecule is C=CCC(F)(F)c1ccc(C(=O)/C=C(/C)CC(CC)CN2C=C=c3ccc(C(=O)NCCOC)c(C)c3=C2)c(F)c1. The first-order chi connectivity index (χ1) is 19.5. The third kappa shape index (κ3) is 8.09. The lowest BCUT2D eigenvalue weighted by molar-refractivity contribution is -0.00119. The number of ether oxygens (including phenoxy) is 1. The Balaban J connectivity index is 1.72. The maximum Gasteiger partial charge on any atom is 0.276 e. The van der Waals surface area contributed by atoms with Crippen LogP contribution in [-0.4, -0.2) is 43.4 Å². The number of nitrogens with zero attached hydrogens (tertiary/aromatic N) is 1. The molecule has 1 N–H and O–H groups in total. The molecule has 1 amide bonds. The number of hydrogen-bond acceptors (Lipinski definition) is 4. The van der Waals surface area contributed by atoms with Crippen molar-refractivity contribution in [3.63, 3.8) is 0 Å². The molecule has 8 heteroatoms. The number of benzene rings is 2. The van der Waals surface area contributed by atoms with E-state index in [1.807, 2.05) is 30.3 Å². The van der Waals surface area contributed by atoms with Crippen molar-refractivity contribution < 1.29 is 27.5 Å². The zero-order valence-corrected chi connectivity index (χ0v) is 24.0. The second-order valence-corrected chi connectivity index (χ2v) is 10.3. The fourth-order valence-electron chi connectivity index (χ4n) is 4.78. The van der Waals surface area contributed by atoms with E-state index < -0.39 is 29.5 Å². The van der Waals surface area contributed by atoms with Gasteiger partial charge in [-0.05, 0) is 62.1 Å². The zero-order chi connectivity index (χ0) is 30.2. The van der Waals surface area contributed by atoms with Gasteiger partial charge in [-0.25, -0.2) is 13.2 Å². The minimum absolute atomic E-state index is 0.162. The number of ketones is 1. The van der Waals surface area contributed by atoms with Crippen LogP contribution in [0.5, 0.6) is 0 Å². The third-order valence-electron chi connectivity index (χ3n) is 7.12. The number of methoxy groups -OCH3 is 1. The summed E-state index contributed by atoms with van der Waals surface area (Å²) in [6.45, 7) is 10.6. The van der Waals surface area contributed by atoms with Crippen molar-refractivity contribution in [3.05, 3.63) is 99.3 Å². The number of carbonyl (C=O) groups is 2. The first-order valence-electron chi connectivity index (χ1n) is 13.6. The number of amides is 1. The van der Waals surface area contributed by atoms with Gasteiger partial charge >= 0.3 is 0 Å². The molecule has 0 radical (unpaired) electrons. The predicted octanol–water partition coefficient (Wildman–Crippen LogP) is 5.37. The molecule has 2 aromatic carbocycles. The fraction of sp³-hybridized carbons (Fsp3) is 0.364. The van der Waals surface area contributed by atoms with E-state index in [1.165, 1.54) is 6.08 Å². The highest BCUT2D eigenvalue weighted by Crippen LogP contribution is 2.33. The molecule has 2 aromatic rings. The molecular weight excluding hydrogens is 529 g/mol. The van der Waals surface area contributed by atoms with Crippen LogP contribution in [-0.2, 0) is 10.7 Å². The molecule has 218 valence electrons. The van der Waals surface area contributed by atoms with Gasteiger partial charge < -0.3 is 15.0 Å². The second kappa shape index (κ2) is 14.2. The lowest BCUT2D eigenvalue weighted by Crippen LogP contribution is -2.37. The average molecular weight is 567 g/mol. The van der Waals surface area contributed by atoms with E-state index in [9.17, 15) is 22.8 Å². The van der Waals surface area contributed by atoms with E-state index >= 15 is 0 Å². The molecule has 1 atom stereocenters. The standard InChI is InChI=1S/C33H37F3N2O3/c1-6-13-33(35,36)26-9-11-28(30(34)19-26)31(39)18-22(3)17-24(7-2)20-38-15-12-25-8-10-27(23(4)29(25)21-38)32(40)37-14-16-41-5/h6,8-11,15,18-19,21,24H,1,7,13-14,16-17,20H2,2-5H3,(H,37,40)/b22-18-. The van der Waals surface area contributed by atoms with Crippen LogP contribution in [0, 0.1) is 18.7 Å². The number of fused-ring (bicyclic) bond motifs is 1. The van der Waals surface area contributed by atoms with Crippen LogP contribution in [0.2, 0.25) is 0 Å². The van der Waals surface area contributed by atoms with Gasteiger partial charge in [0.2, 0.25) is 0 Å². The Morgan fingerprint density at radius 1 is 1.22 bits per heavy atom. The summed E-state index contributed by atoms with van der Waals surface area (Å²) in [6, 6.07) is 6.59. The van der Waals surface area contributed by atoms with Crippen LogP contribution in [0.3, 0.4) is 0 Å². The molecule has 5 nitrogen and oxygen atoms in total. The van der Waals surface area contributed by atoms with Crippen LogP contribution in [0.1, 0.15) is 65.0 Å². The van der Waals surface area contributed by atoms with Crippen molar-refractivity contribution >= 4 is 23.6 Å². The number of allylic oxidation sites excluding steroid dienone is 3. The maximum absolute atomic E-state index is 14.6. The predicted molar refractivity (Wildman–Crippen MR) is 155 cm³/mol. The van der Waals surface area contributed by atoms with E-state index in [0.29, 0.717) is 31.7 Å². The zero-order valence-electron chi connectivity index (χ0n) is 24.0.